The summed E-state index contributed by atoms with van der Waals surface area (Å²) in [6.45, 7) is 4.45. The van der Waals surface area contributed by atoms with Gasteiger partial charge in [0.25, 0.3) is 11.4 Å². The van der Waals surface area contributed by atoms with E-state index in [1.807, 2.05) is 0 Å². The molecule has 0 saturated carbocycles. The SMILES string of the molecule is CN(C)C(C)(C)c1ccccc1.O=[N+]([O-])c1cc([N+](=O)[O-])c(O)c([N+](=O)[O-])c1. The number of rotatable bonds is 5. The average molecular weight is 392 g/mol. The van der Waals surface area contributed by atoms with Gasteiger partial charge in [-0.3, -0.25) is 30.3 Å². The van der Waals surface area contributed by atoms with Crippen molar-refractivity contribution >= 4 is 17.1 Å². The molecule has 0 aliphatic heterocycles. The van der Waals surface area contributed by atoms with Gasteiger partial charge in [-0.05, 0) is 33.5 Å². The molecule has 2 aromatic carbocycles. The first-order chi connectivity index (χ1) is 12.9. The maximum Gasteiger partial charge on any atom is 0.324 e. The van der Waals surface area contributed by atoms with Gasteiger partial charge in [-0.2, -0.15) is 0 Å². The Hall–Kier alpha value is -3.60. The van der Waals surface area contributed by atoms with Gasteiger partial charge in [-0.25, -0.2) is 0 Å². The van der Waals surface area contributed by atoms with E-state index in [2.05, 4.69) is 63.2 Å². The highest BCUT2D eigenvalue weighted by molar-refractivity contribution is 5.64. The zero-order chi connectivity index (χ0) is 21.6. The van der Waals surface area contributed by atoms with E-state index in [1.54, 1.807) is 0 Å². The van der Waals surface area contributed by atoms with Crippen molar-refractivity contribution in [1.29, 1.82) is 0 Å². The Morgan fingerprint density at radius 2 is 1.29 bits per heavy atom. The number of non-ortho nitro benzene ring substituents is 1. The van der Waals surface area contributed by atoms with E-state index in [0.717, 1.165) is 0 Å². The lowest BCUT2D eigenvalue weighted by Crippen LogP contribution is -2.35. The molecule has 0 amide bonds. The van der Waals surface area contributed by atoms with Crippen LogP contribution in [0.2, 0.25) is 0 Å². The highest BCUT2D eigenvalue weighted by Crippen LogP contribution is 2.38. The van der Waals surface area contributed by atoms with Gasteiger partial charge in [-0.1, -0.05) is 30.3 Å². The van der Waals surface area contributed by atoms with E-state index in [0.29, 0.717) is 12.1 Å². The van der Waals surface area contributed by atoms with Crippen LogP contribution in [0.5, 0.6) is 5.75 Å². The first kappa shape index (κ1) is 22.4. The number of nitro benzene ring substituents is 3. The van der Waals surface area contributed by atoms with Gasteiger partial charge in [0, 0.05) is 5.54 Å². The maximum absolute atomic E-state index is 10.4. The molecule has 0 unspecified atom stereocenters. The molecule has 0 spiro atoms. The summed E-state index contributed by atoms with van der Waals surface area (Å²) in [7, 11) is 4.21. The summed E-state index contributed by atoms with van der Waals surface area (Å²) in [4.78, 5) is 30.0. The summed E-state index contributed by atoms with van der Waals surface area (Å²) in [6, 6.07) is 11.4. The Bertz CT molecular complexity index is 847. The molecule has 2 rings (SSSR count). The fraction of sp³-hybridized carbons (Fsp3) is 0.294. The Morgan fingerprint density at radius 3 is 1.61 bits per heavy atom. The van der Waals surface area contributed by atoms with E-state index in [1.165, 1.54) is 5.56 Å². The van der Waals surface area contributed by atoms with Crippen molar-refractivity contribution in [1.82, 2.24) is 4.90 Å². The quantitative estimate of drug-likeness (QED) is 0.598. The third-order valence-corrected chi connectivity index (χ3v) is 4.26. The second-order valence-electron chi connectivity index (χ2n) is 6.42. The summed E-state index contributed by atoms with van der Waals surface area (Å²) >= 11 is 0. The van der Waals surface area contributed by atoms with Crippen LogP contribution in [0.4, 0.5) is 17.1 Å². The topological polar surface area (TPSA) is 153 Å². The molecular weight excluding hydrogens is 372 g/mol. The molecule has 2 aromatic rings. The second kappa shape index (κ2) is 8.86. The van der Waals surface area contributed by atoms with E-state index in [-0.39, 0.29) is 5.54 Å². The van der Waals surface area contributed by atoms with Crippen molar-refractivity contribution in [3.05, 3.63) is 78.4 Å². The molecule has 0 aliphatic rings. The van der Waals surface area contributed by atoms with Crippen LogP contribution < -0.4 is 0 Å². The zero-order valence-electron chi connectivity index (χ0n) is 15.7. The van der Waals surface area contributed by atoms with Crippen molar-refractivity contribution in [3.8, 4) is 5.75 Å². The predicted molar refractivity (Wildman–Crippen MR) is 101 cm³/mol. The number of phenolic OH excluding ortho intramolecular Hbond substituents is 1. The van der Waals surface area contributed by atoms with Crippen molar-refractivity contribution in [2.24, 2.45) is 0 Å². The first-order valence-electron chi connectivity index (χ1n) is 7.92. The molecule has 0 atom stereocenters. The standard InChI is InChI=1S/C11H17N.C6H3N3O7/c1-11(2,12(3)4)10-8-6-5-7-9-10;10-6-4(8(13)14)1-3(7(11)12)2-5(6)9(15)16/h5-9H,1-4H3;1-2,10H. The summed E-state index contributed by atoms with van der Waals surface area (Å²) in [5.74, 6) is -1.21. The van der Waals surface area contributed by atoms with Crippen molar-refractivity contribution in [3.63, 3.8) is 0 Å². The molecule has 0 aromatic heterocycles. The van der Waals surface area contributed by atoms with Crippen molar-refractivity contribution in [2.45, 2.75) is 19.4 Å². The number of aromatic hydroxyl groups is 1. The van der Waals surface area contributed by atoms with Crippen LogP contribution in [0.3, 0.4) is 0 Å². The van der Waals surface area contributed by atoms with Crippen LogP contribution in [0, 0.1) is 30.3 Å². The molecule has 0 fully saturated rings. The summed E-state index contributed by atoms with van der Waals surface area (Å²) in [5, 5.41) is 40.2. The third kappa shape index (κ3) is 5.20. The minimum Gasteiger partial charge on any atom is -0.497 e. The number of nitrogens with zero attached hydrogens (tertiary/aromatic N) is 4. The Labute approximate surface area is 160 Å². The van der Waals surface area contributed by atoms with Crippen LogP contribution in [0.1, 0.15) is 19.4 Å². The summed E-state index contributed by atoms with van der Waals surface area (Å²) in [5.41, 5.74) is -1.52. The van der Waals surface area contributed by atoms with Crippen LogP contribution in [0.25, 0.3) is 0 Å². The van der Waals surface area contributed by atoms with Gasteiger partial charge in [0.15, 0.2) is 0 Å². The normalized spacial score (nSPS) is 10.8. The molecule has 150 valence electrons. The van der Waals surface area contributed by atoms with E-state index < -0.39 is 37.6 Å². The van der Waals surface area contributed by atoms with Gasteiger partial charge in [-0.15, -0.1) is 0 Å². The molecule has 0 aliphatic carbocycles. The lowest BCUT2D eigenvalue weighted by molar-refractivity contribution is -0.404. The largest absolute Gasteiger partial charge is 0.497 e. The van der Waals surface area contributed by atoms with Crippen molar-refractivity contribution in [2.75, 3.05) is 14.1 Å². The molecule has 0 saturated heterocycles. The van der Waals surface area contributed by atoms with Gasteiger partial charge in [0.1, 0.15) is 0 Å². The highest BCUT2D eigenvalue weighted by Gasteiger charge is 2.30. The van der Waals surface area contributed by atoms with E-state index in [4.69, 9.17) is 5.11 Å². The minimum absolute atomic E-state index is 0.126. The molecule has 1 N–H and O–H groups in total. The zero-order valence-corrected chi connectivity index (χ0v) is 15.7. The Balaban J connectivity index is 0.000000292. The van der Waals surface area contributed by atoms with Crippen LogP contribution >= 0.6 is 0 Å². The highest BCUT2D eigenvalue weighted by atomic mass is 16.6. The molecule has 0 bridgehead atoms. The van der Waals surface area contributed by atoms with Crippen LogP contribution in [-0.4, -0.2) is 38.9 Å². The van der Waals surface area contributed by atoms with Gasteiger partial charge in [0.2, 0.25) is 0 Å². The second-order valence-corrected chi connectivity index (χ2v) is 6.42. The number of nitro groups is 3. The third-order valence-electron chi connectivity index (χ3n) is 4.26. The fourth-order valence-electron chi connectivity index (χ4n) is 2.08. The number of hydrogen-bond acceptors (Lipinski definition) is 8. The molecule has 11 nitrogen and oxygen atoms in total. The summed E-state index contributed by atoms with van der Waals surface area (Å²) in [6.07, 6.45) is 0. The maximum atomic E-state index is 10.4. The van der Waals surface area contributed by atoms with Gasteiger partial charge >= 0.3 is 11.4 Å². The predicted octanol–water partition coefficient (Wildman–Crippen LogP) is 3.60. The number of phenols is 1. The molecule has 28 heavy (non-hydrogen) atoms. The Kier molecular flexibility index (Phi) is 7.10. The average Bonchev–Trinajstić information content (AvgIpc) is 2.62. The monoisotopic (exact) mass is 392 g/mol. The van der Waals surface area contributed by atoms with Gasteiger partial charge < -0.3 is 10.0 Å². The van der Waals surface area contributed by atoms with Crippen LogP contribution in [0.15, 0.2) is 42.5 Å². The Morgan fingerprint density at radius 1 is 0.857 bits per heavy atom. The summed E-state index contributed by atoms with van der Waals surface area (Å²) < 4.78 is 0. The fourth-order valence-corrected chi connectivity index (χ4v) is 2.08. The van der Waals surface area contributed by atoms with E-state index >= 15 is 0 Å². The number of benzene rings is 2. The molecule has 11 heteroatoms. The lowest BCUT2D eigenvalue weighted by atomic mass is 9.93. The number of hydrogen-bond donors (Lipinski definition) is 1. The van der Waals surface area contributed by atoms with Crippen LogP contribution in [-0.2, 0) is 5.54 Å². The molecule has 0 heterocycles. The van der Waals surface area contributed by atoms with E-state index in [9.17, 15) is 30.3 Å². The molecular formula is C17H20N4O7. The first-order valence-corrected chi connectivity index (χ1v) is 7.92. The molecule has 0 radical (unpaired) electrons. The van der Waals surface area contributed by atoms with Gasteiger partial charge in [0.05, 0.1) is 26.9 Å². The van der Waals surface area contributed by atoms with Crippen molar-refractivity contribution < 1.29 is 19.9 Å². The lowest BCUT2D eigenvalue weighted by Gasteiger charge is -2.33. The minimum atomic E-state index is -1.21. The smallest absolute Gasteiger partial charge is 0.324 e.